The van der Waals surface area contributed by atoms with E-state index in [1.54, 1.807) is 0 Å². The van der Waals surface area contributed by atoms with Crippen LogP contribution in [0.3, 0.4) is 0 Å². The summed E-state index contributed by atoms with van der Waals surface area (Å²) in [6.07, 6.45) is 2.58. The average Bonchev–Trinajstić information content (AvgIpc) is 3.00. The molecule has 1 unspecified atom stereocenters. The lowest BCUT2D eigenvalue weighted by Gasteiger charge is -2.09. The van der Waals surface area contributed by atoms with Crippen molar-refractivity contribution in [3.63, 3.8) is 0 Å². The second-order valence-electron chi connectivity index (χ2n) is 4.13. The summed E-state index contributed by atoms with van der Waals surface area (Å²) in [6.45, 7) is 7.92. The molecule has 3 N–H and O–H groups in total. The summed E-state index contributed by atoms with van der Waals surface area (Å²) in [5.41, 5.74) is 7.60. The van der Waals surface area contributed by atoms with E-state index in [0.29, 0.717) is 11.9 Å². The summed E-state index contributed by atoms with van der Waals surface area (Å²) < 4.78 is 1.97. The Hall–Kier alpha value is -1.69. The molecule has 0 radical (unpaired) electrons. The van der Waals surface area contributed by atoms with Gasteiger partial charge in [0.15, 0.2) is 5.65 Å². The lowest BCUT2D eigenvalue weighted by molar-refractivity contribution is 0.500. The van der Waals surface area contributed by atoms with Gasteiger partial charge in [-0.2, -0.15) is 5.10 Å². The number of rotatable bonds is 1. The predicted octanol–water partition coefficient (Wildman–Crippen LogP) is 1.28. The fraction of sp³-hybridized carbons (Fsp3) is 0.583. The van der Waals surface area contributed by atoms with Gasteiger partial charge in [0.05, 0.1) is 17.1 Å². The fourth-order valence-electron chi connectivity index (χ4n) is 2.27. The van der Waals surface area contributed by atoms with Gasteiger partial charge in [0.2, 0.25) is 0 Å². The molecule has 0 bridgehead atoms. The first kappa shape index (κ1) is 12.8. The normalized spacial score (nSPS) is 18.7. The van der Waals surface area contributed by atoms with Crippen LogP contribution in [0.5, 0.6) is 0 Å². The van der Waals surface area contributed by atoms with E-state index in [1.165, 1.54) is 6.33 Å². The topological polar surface area (TPSA) is 81.7 Å². The van der Waals surface area contributed by atoms with E-state index in [2.05, 4.69) is 20.4 Å². The van der Waals surface area contributed by atoms with Crippen molar-refractivity contribution in [2.75, 3.05) is 18.8 Å². The van der Waals surface area contributed by atoms with Crippen molar-refractivity contribution < 1.29 is 0 Å². The SMILES string of the molecule is CC.Cc1nn(C2CCNC2)c2ncnc(N)c12. The van der Waals surface area contributed by atoms with Crippen LogP contribution in [-0.2, 0) is 0 Å². The Kier molecular flexibility index (Phi) is 3.76. The number of nitrogens with two attached hydrogens (primary N) is 1. The summed E-state index contributed by atoms with van der Waals surface area (Å²) in [4.78, 5) is 8.29. The molecule has 3 rings (SSSR count). The number of anilines is 1. The minimum absolute atomic E-state index is 0.380. The third kappa shape index (κ3) is 2.03. The maximum atomic E-state index is 5.85. The highest BCUT2D eigenvalue weighted by molar-refractivity contribution is 5.87. The van der Waals surface area contributed by atoms with Gasteiger partial charge >= 0.3 is 0 Å². The zero-order valence-electron chi connectivity index (χ0n) is 11.1. The van der Waals surface area contributed by atoms with Crippen molar-refractivity contribution in [2.24, 2.45) is 0 Å². The van der Waals surface area contributed by atoms with Crippen molar-refractivity contribution in [3.8, 4) is 0 Å². The molecule has 18 heavy (non-hydrogen) atoms. The standard InChI is InChI=1S/C10H14N6.C2H6/c1-6-8-9(11)13-5-14-10(8)16(15-6)7-2-3-12-4-7;1-2/h5,7,12H,2-4H2,1H3,(H2,11,13,14);1-2H3. The molecule has 1 atom stereocenters. The summed E-state index contributed by atoms with van der Waals surface area (Å²) in [5, 5.41) is 8.73. The first-order valence-corrected chi connectivity index (χ1v) is 6.43. The summed E-state index contributed by atoms with van der Waals surface area (Å²) in [5.74, 6) is 0.514. The number of nitrogens with one attached hydrogen (secondary N) is 1. The molecular formula is C12H20N6. The largest absolute Gasteiger partial charge is 0.383 e. The number of hydrogen-bond donors (Lipinski definition) is 2. The lowest BCUT2D eigenvalue weighted by Crippen LogP contribution is -2.15. The van der Waals surface area contributed by atoms with E-state index in [1.807, 2.05) is 25.5 Å². The van der Waals surface area contributed by atoms with Gasteiger partial charge in [0.1, 0.15) is 12.1 Å². The minimum atomic E-state index is 0.380. The zero-order chi connectivity index (χ0) is 13.1. The van der Waals surface area contributed by atoms with Gasteiger partial charge in [0.25, 0.3) is 0 Å². The van der Waals surface area contributed by atoms with Gasteiger partial charge in [-0.25, -0.2) is 14.6 Å². The van der Waals surface area contributed by atoms with Crippen LogP contribution in [0.15, 0.2) is 6.33 Å². The monoisotopic (exact) mass is 248 g/mol. The molecule has 1 fully saturated rings. The summed E-state index contributed by atoms with van der Waals surface area (Å²) >= 11 is 0. The molecule has 1 saturated heterocycles. The highest BCUT2D eigenvalue weighted by atomic mass is 15.3. The fourth-order valence-corrected chi connectivity index (χ4v) is 2.27. The van der Waals surface area contributed by atoms with Crippen LogP contribution >= 0.6 is 0 Å². The molecule has 1 aliphatic heterocycles. The Balaban J connectivity index is 0.000000574. The summed E-state index contributed by atoms with van der Waals surface area (Å²) in [7, 11) is 0. The maximum absolute atomic E-state index is 5.85. The van der Waals surface area contributed by atoms with E-state index in [4.69, 9.17) is 5.73 Å². The van der Waals surface area contributed by atoms with Crippen LogP contribution in [0.2, 0.25) is 0 Å². The first-order chi connectivity index (χ1) is 8.77. The molecule has 0 saturated carbocycles. The highest BCUT2D eigenvalue weighted by Gasteiger charge is 2.22. The predicted molar refractivity (Wildman–Crippen MR) is 72.3 cm³/mol. The van der Waals surface area contributed by atoms with Crippen molar-refractivity contribution in [1.82, 2.24) is 25.1 Å². The van der Waals surface area contributed by atoms with E-state index < -0.39 is 0 Å². The summed E-state index contributed by atoms with van der Waals surface area (Å²) in [6, 6.07) is 0.380. The van der Waals surface area contributed by atoms with Crippen molar-refractivity contribution in [3.05, 3.63) is 12.0 Å². The molecular weight excluding hydrogens is 228 g/mol. The minimum Gasteiger partial charge on any atom is -0.383 e. The number of hydrogen-bond acceptors (Lipinski definition) is 5. The molecule has 1 aliphatic rings. The van der Waals surface area contributed by atoms with Gasteiger partial charge in [0, 0.05) is 6.54 Å². The Morgan fingerprint density at radius 1 is 1.39 bits per heavy atom. The number of nitrogen functional groups attached to an aromatic ring is 1. The number of nitrogens with zero attached hydrogens (tertiary/aromatic N) is 4. The highest BCUT2D eigenvalue weighted by Crippen LogP contribution is 2.25. The molecule has 2 aromatic rings. The molecule has 2 aromatic heterocycles. The third-order valence-electron chi connectivity index (χ3n) is 3.07. The number of fused-ring (bicyclic) bond motifs is 1. The van der Waals surface area contributed by atoms with Gasteiger partial charge in [-0.15, -0.1) is 0 Å². The van der Waals surface area contributed by atoms with Crippen molar-refractivity contribution in [2.45, 2.75) is 33.2 Å². The van der Waals surface area contributed by atoms with Crippen molar-refractivity contribution in [1.29, 1.82) is 0 Å². The molecule has 3 heterocycles. The zero-order valence-corrected chi connectivity index (χ0v) is 11.1. The molecule has 0 amide bonds. The number of aromatic nitrogens is 4. The molecule has 0 spiro atoms. The van der Waals surface area contributed by atoms with E-state index in [0.717, 1.165) is 36.2 Å². The second-order valence-corrected chi connectivity index (χ2v) is 4.13. The first-order valence-electron chi connectivity index (χ1n) is 6.43. The molecule has 0 aromatic carbocycles. The van der Waals surface area contributed by atoms with Crippen LogP contribution in [0.1, 0.15) is 32.0 Å². The smallest absolute Gasteiger partial charge is 0.163 e. The average molecular weight is 248 g/mol. The van der Waals surface area contributed by atoms with Gasteiger partial charge in [-0.3, -0.25) is 0 Å². The lowest BCUT2D eigenvalue weighted by atomic mass is 10.2. The van der Waals surface area contributed by atoms with E-state index in [-0.39, 0.29) is 0 Å². The number of aryl methyl sites for hydroxylation is 1. The van der Waals surface area contributed by atoms with Crippen LogP contribution in [-0.4, -0.2) is 32.8 Å². The van der Waals surface area contributed by atoms with Gasteiger partial charge in [-0.05, 0) is 19.9 Å². The van der Waals surface area contributed by atoms with Crippen molar-refractivity contribution >= 4 is 16.9 Å². The van der Waals surface area contributed by atoms with Crippen LogP contribution in [0.25, 0.3) is 11.0 Å². The molecule has 0 aliphatic carbocycles. The second kappa shape index (κ2) is 5.30. The molecule has 98 valence electrons. The molecule has 6 heteroatoms. The van der Waals surface area contributed by atoms with Gasteiger partial charge < -0.3 is 11.1 Å². The Bertz CT molecular complexity index is 527. The Morgan fingerprint density at radius 3 is 2.83 bits per heavy atom. The van der Waals surface area contributed by atoms with Crippen LogP contribution < -0.4 is 11.1 Å². The van der Waals surface area contributed by atoms with E-state index >= 15 is 0 Å². The Morgan fingerprint density at radius 2 is 2.17 bits per heavy atom. The van der Waals surface area contributed by atoms with E-state index in [9.17, 15) is 0 Å². The Labute approximate surface area is 107 Å². The quantitative estimate of drug-likeness (QED) is 0.794. The third-order valence-corrected chi connectivity index (χ3v) is 3.07. The maximum Gasteiger partial charge on any atom is 0.163 e. The van der Waals surface area contributed by atoms with Crippen LogP contribution in [0.4, 0.5) is 5.82 Å². The van der Waals surface area contributed by atoms with Crippen LogP contribution in [0, 0.1) is 6.92 Å². The van der Waals surface area contributed by atoms with Gasteiger partial charge in [-0.1, -0.05) is 13.8 Å². The molecule has 6 nitrogen and oxygen atoms in total.